The van der Waals surface area contributed by atoms with E-state index in [1.807, 2.05) is 6.07 Å². The number of carbonyl (C=O) groups is 1. The van der Waals surface area contributed by atoms with Crippen LogP contribution in [0.25, 0.3) is 0 Å². The van der Waals surface area contributed by atoms with Crippen molar-refractivity contribution in [3.05, 3.63) is 60.2 Å². The topological polar surface area (TPSA) is 29.1 Å². The normalized spacial score (nSPS) is 16.4. The van der Waals surface area contributed by atoms with Crippen LogP contribution in [-0.2, 0) is 10.2 Å². The second-order valence-electron chi connectivity index (χ2n) is 5.80. The van der Waals surface area contributed by atoms with Gasteiger partial charge < -0.3 is 5.32 Å². The van der Waals surface area contributed by atoms with Crippen LogP contribution < -0.4 is 5.32 Å². The molecule has 0 spiro atoms. The molecule has 122 valence electrons. The lowest BCUT2D eigenvalue weighted by Gasteiger charge is -2.37. The van der Waals surface area contributed by atoms with Crippen molar-refractivity contribution in [2.24, 2.45) is 0 Å². The highest BCUT2D eigenvalue weighted by atomic mass is 35.5. The fraction of sp³-hybridized carbons (Fsp3) is 0.316. The highest BCUT2D eigenvalue weighted by Gasteiger charge is 2.39. The largest absolute Gasteiger partial charge is 0.317 e. The molecule has 2 aromatic carbocycles. The van der Waals surface area contributed by atoms with E-state index in [4.69, 9.17) is 0 Å². The van der Waals surface area contributed by atoms with Gasteiger partial charge in [0.05, 0.1) is 5.41 Å². The summed E-state index contributed by atoms with van der Waals surface area (Å²) in [4.78, 5) is 14.9. The molecule has 1 aliphatic rings. The van der Waals surface area contributed by atoms with E-state index in [0.717, 1.165) is 25.9 Å². The number of Topliss-reactive ketones (excluding diaryl/α,β-unsaturated/α-hetero) is 1. The zero-order valence-corrected chi connectivity index (χ0v) is 14.9. The number of ketones is 1. The lowest BCUT2D eigenvalue weighted by atomic mass is 9.70. The van der Waals surface area contributed by atoms with Crippen LogP contribution in [0.5, 0.6) is 0 Å². The average Bonchev–Trinajstić information content (AvgIpc) is 2.57. The van der Waals surface area contributed by atoms with E-state index in [9.17, 15) is 4.79 Å². The first kappa shape index (κ1) is 18.1. The summed E-state index contributed by atoms with van der Waals surface area (Å²) in [6, 6.07) is 18.7. The van der Waals surface area contributed by atoms with Crippen molar-refractivity contribution in [2.45, 2.75) is 35.0 Å². The van der Waals surface area contributed by atoms with Crippen molar-refractivity contribution in [2.75, 3.05) is 13.1 Å². The number of nitrogens with one attached hydrogen (secondary N) is 1. The number of rotatable bonds is 4. The van der Waals surface area contributed by atoms with Crippen LogP contribution in [0.15, 0.2) is 64.4 Å². The van der Waals surface area contributed by atoms with Crippen LogP contribution in [0.1, 0.15) is 25.3 Å². The second-order valence-corrected chi connectivity index (χ2v) is 6.91. The predicted octanol–water partition coefficient (Wildman–Crippen LogP) is 4.47. The van der Waals surface area contributed by atoms with E-state index in [-0.39, 0.29) is 23.6 Å². The van der Waals surface area contributed by atoms with E-state index >= 15 is 0 Å². The van der Waals surface area contributed by atoms with E-state index in [2.05, 4.69) is 53.8 Å². The standard InChI is InChI=1S/C19H21NOS.ClH/c1-15(21)19(11-13-20-14-12-19)17-9-5-6-10-18(17)22-16-7-3-2-4-8-16;/h2-10,20H,11-14H2,1H3;1H. The molecule has 0 atom stereocenters. The lowest BCUT2D eigenvalue weighted by Crippen LogP contribution is -2.44. The molecular formula is C19H22ClNOS. The van der Waals surface area contributed by atoms with Crippen molar-refractivity contribution in [1.82, 2.24) is 5.32 Å². The molecule has 1 aliphatic heterocycles. The maximum atomic E-state index is 12.5. The molecule has 0 aliphatic carbocycles. The number of hydrogen-bond acceptors (Lipinski definition) is 3. The molecule has 1 heterocycles. The molecule has 0 unspecified atom stereocenters. The van der Waals surface area contributed by atoms with Gasteiger partial charge in [0.25, 0.3) is 0 Å². The van der Waals surface area contributed by atoms with Gasteiger partial charge in [0.2, 0.25) is 0 Å². The molecule has 1 N–H and O–H groups in total. The van der Waals surface area contributed by atoms with Gasteiger partial charge in [0, 0.05) is 9.79 Å². The summed E-state index contributed by atoms with van der Waals surface area (Å²) in [5.41, 5.74) is 0.863. The van der Waals surface area contributed by atoms with Gasteiger partial charge in [0.1, 0.15) is 5.78 Å². The Kier molecular flexibility index (Phi) is 6.28. The van der Waals surface area contributed by atoms with E-state index in [0.29, 0.717) is 0 Å². The van der Waals surface area contributed by atoms with Crippen molar-refractivity contribution >= 4 is 30.0 Å². The van der Waals surface area contributed by atoms with Gasteiger partial charge in [-0.25, -0.2) is 0 Å². The van der Waals surface area contributed by atoms with Gasteiger partial charge >= 0.3 is 0 Å². The Labute approximate surface area is 148 Å². The molecule has 0 aromatic heterocycles. The van der Waals surface area contributed by atoms with Crippen molar-refractivity contribution in [1.29, 1.82) is 0 Å². The van der Waals surface area contributed by atoms with Gasteiger partial charge in [-0.2, -0.15) is 0 Å². The molecule has 3 rings (SSSR count). The Bertz CT molecular complexity index is 653. The van der Waals surface area contributed by atoms with Crippen LogP contribution in [0, 0.1) is 0 Å². The summed E-state index contributed by atoms with van der Waals surface area (Å²) in [7, 11) is 0. The minimum absolute atomic E-state index is 0. The number of carbonyl (C=O) groups excluding carboxylic acids is 1. The van der Waals surface area contributed by atoms with Gasteiger partial charge in [0.15, 0.2) is 0 Å². The highest BCUT2D eigenvalue weighted by Crippen LogP contribution is 2.41. The van der Waals surface area contributed by atoms with Gasteiger partial charge in [-0.1, -0.05) is 48.2 Å². The SMILES string of the molecule is CC(=O)C1(c2ccccc2Sc2ccccc2)CCNCC1.Cl. The maximum Gasteiger partial charge on any atom is 0.140 e. The number of benzene rings is 2. The Morgan fingerprint density at radius 3 is 2.26 bits per heavy atom. The fourth-order valence-electron chi connectivity index (χ4n) is 3.23. The first-order chi connectivity index (χ1) is 10.7. The zero-order chi connectivity index (χ0) is 15.4. The molecule has 0 radical (unpaired) electrons. The number of piperidine rings is 1. The summed E-state index contributed by atoms with van der Waals surface area (Å²) in [6.07, 6.45) is 1.77. The van der Waals surface area contributed by atoms with Crippen molar-refractivity contribution in [3.8, 4) is 0 Å². The quantitative estimate of drug-likeness (QED) is 0.884. The molecule has 1 saturated heterocycles. The molecule has 0 bridgehead atoms. The Morgan fingerprint density at radius 1 is 1.00 bits per heavy atom. The van der Waals surface area contributed by atoms with Gasteiger partial charge in [-0.15, -0.1) is 12.4 Å². The molecule has 2 nitrogen and oxygen atoms in total. The van der Waals surface area contributed by atoms with Crippen LogP contribution in [-0.4, -0.2) is 18.9 Å². The molecular weight excluding hydrogens is 326 g/mol. The lowest BCUT2D eigenvalue weighted by molar-refractivity contribution is -0.123. The fourth-order valence-corrected chi connectivity index (χ4v) is 4.30. The molecule has 23 heavy (non-hydrogen) atoms. The summed E-state index contributed by atoms with van der Waals surface area (Å²) >= 11 is 1.75. The van der Waals surface area contributed by atoms with E-state index in [1.54, 1.807) is 18.7 Å². The molecule has 0 saturated carbocycles. The first-order valence-corrected chi connectivity index (χ1v) is 8.58. The third kappa shape index (κ3) is 3.79. The maximum absolute atomic E-state index is 12.5. The van der Waals surface area contributed by atoms with E-state index in [1.165, 1.54) is 15.4 Å². The minimum atomic E-state index is -0.330. The van der Waals surface area contributed by atoms with Gasteiger partial charge in [-0.05, 0) is 56.6 Å². The molecule has 0 amide bonds. The Balaban J connectivity index is 0.00000192. The summed E-state index contributed by atoms with van der Waals surface area (Å²) < 4.78 is 0. The Hall–Kier alpha value is -1.29. The van der Waals surface area contributed by atoms with Crippen molar-refractivity contribution in [3.63, 3.8) is 0 Å². The summed E-state index contributed by atoms with van der Waals surface area (Å²) in [6.45, 7) is 3.56. The Morgan fingerprint density at radius 2 is 1.61 bits per heavy atom. The van der Waals surface area contributed by atoms with Crippen LogP contribution in [0.2, 0.25) is 0 Å². The monoisotopic (exact) mass is 347 g/mol. The number of hydrogen-bond donors (Lipinski definition) is 1. The number of halogens is 1. The van der Waals surface area contributed by atoms with Gasteiger partial charge in [-0.3, -0.25) is 4.79 Å². The molecule has 2 aromatic rings. The summed E-state index contributed by atoms with van der Waals surface area (Å²) in [5, 5.41) is 3.37. The van der Waals surface area contributed by atoms with E-state index < -0.39 is 0 Å². The van der Waals surface area contributed by atoms with Crippen molar-refractivity contribution < 1.29 is 4.79 Å². The minimum Gasteiger partial charge on any atom is -0.317 e. The summed E-state index contributed by atoms with van der Waals surface area (Å²) in [5.74, 6) is 0.287. The second kappa shape index (κ2) is 8.00. The smallest absolute Gasteiger partial charge is 0.140 e. The predicted molar refractivity (Wildman–Crippen MR) is 98.7 cm³/mol. The van der Waals surface area contributed by atoms with Crippen LogP contribution in [0.3, 0.4) is 0 Å². The first-order valence-electron chi connectivity index (χ1n) is 7.76. The zero-order valence-electron chi connectivity index (χ0n) is 13.2. The third-order valence-electron chi connectivity index (χ3n) is 4.50. The van der Waals surface area contributed by atoms with Crippen LogP contribution in [0.4, 0.5) is 0 Å². The highest BCUT2D eigenvalue weighted by molar-refractivity contribution is 7.99. The van der Waals surface area contributed by atoms with Crippen LogP contribution >= 0.6 is 24.2 Å². The molecule has 4 heteroatoms. The molecule has 1 fully saturated rings. The average molecular weight is 348 g/mol. The third-order valence-corrected chi connectivity index (χ3v) is 5.59.